The molecule has 5 rings (SSSR count). The number of carbonyl (C=O) groups is 1. The van der Waals surface area contributed by atoms with Gasteiger partial charge in [0.15, 0.2) is 5.69 Å². The fraction of sp³-hybridized carbons (Fsp3) is 0.478. The van der Waals surface area contributed by atoms with Crippen molar-refractivity contribution < 1.29 is 9.18 Å². The molecule has 3 aromatic rings. The first-order valence-electron chi connectivity index (χ1n) is 11.1. The molecule has 2 aliphatic rings. The van der Waals surface area contributed by atoms with Gasteiger partial charge in [0.05, 0.1) is 24.1 Å². The lowest BCUT2D eigenvalue weighted by molar-refractivity contribution is -0.0333. The molecule has 3 heterocycles. The molecule has 1 N–H and O–H groups in total. The van der Waals surface area contributed by atoms with Crippen LogP contribution in [0.3, 0.4) is 0 Å². The van der Waals surface area contributed by atoms with Crippen LogP contribution in [0, 0.1) is 11.2 Å². The maximum atomic E-state index is 13.3. The topological polar surface area (TPSA) is 82.9 Å². The molecule has 1 aliphatic carbocycles. The molecule has 9 heteroatoms. The van der Waals surface area contributed by atoms with Crippen molar-refractivity contribution in [1.29, 1.82) is 0 Å². The van der Waals surface area contributed by atoms with Crippen molar-refractivity contribution in [3.8, 4) is 11.3 Å². The number of aromatic nitrogens is 5. The minimum absolute atomic E-state index is 0.114. The average molecular weight is 438 g/mol. The van der Waals surface area contributed by atoms with E-state index in [-0.39, 0.29) is 17.1 Å². The molecule has 2 fully saturated rings. The zero-order chi connectivity index (χ0) is 22.3. The third kappa shape index (κ3) is 3.70. The molecule has 1 atom stereocenters. The number of carbonyl (C=O) groups excluding carboxylic acids is 1. The van der Waals surface area contributed by atoms with E-state index in [1.54, 1.807) is 32.4 Å². The third-order valence-electron chi connectivity index (χ3n) is 7.17. The molecule has 1 spiro atoms. The zero-order valence-corrected chi connectivity index (χ0v) is 18.5. The highest BCUT2D eigenvalue weighted by Crippen LogP contribution is 2.56. The minimum Gasteiger partial charge on any atom is -0.343 e. The Morgan fingerprint density at radius 1 is 1.22 bits per heavy atom. The van der Waals surface area contributed by atoms with Crippen molar-refractivity contribution >= 4 is 5.91 Å². The first-order valence-corrected chi connectivity index (χ1v) is 11.1. The number of amides is 1. The highest BCUT2D eigenvalue weighted by molar-refractivity contribution is 5.91. The first-order chi connectivity index (χ1) is 15.4. The highest BCUT2D eigenvalue weighted by atomic mass is 19.1. The molecule has 2 aromatic heterocycles. The Morgan fingerprint density at radius 2 is 1.97 bits per heavy atom. The minimum atomic E-state index is -0.239. The molecule has 1 aromatic carbocycles. The summed E-state index contributed by atoms with van der Waals surface area (Å²) in [5.74, 6) is -0.353. The number of benzene rings is 1. The summed E-state index contributed by atoms with van der Waals surface area (Å²) in [7, 11) is 3.45. The number of hydrogen-bond acceptors (Lipinski definition) is 5. The molecule has 1 unspecified atom stereocenters. The lowest BCUT2D eigenvalue weighted by atomic mass is 9.59. The summed E-state index contributed by atoms with van der Waals surface area (Å²) >= 11 is 0. The van der Waals surface area contributed by atoms with Crippen LogP contribution in [0.5, 0.6) is 0 Å². The van der Waals surface area contributed by atoms with Gasteiger partial charge in [-0.2, -0.15) is 5.10 Å². The second-order valence-electron chi connectivity index (χ2n) is 9.25. The van der Waals surface area contributed by atoms with Gasteiger partial charge in [0.2, 0.25) is 0 Å². The summed E-state index contributed by atoms with van der Waals surface area (Å²) < 4.78 is 15.2. The molecule has 0 bridgehead atoms. The van der Waals surface area contributed by atoms with Crippen LogP contribution in [0.1, 0.15) is 47.8 Å². The van der Waals surface area contributed by atoms with E-state index < -0.39 is 0 Å². The summed E-state index contributed by atoms with van der Waals surface area (Å²) in [6.07, 6.45) is 8.13. The lowest BCUT2D eigenvalue weighted by Crippen LogP contribution is -2.49. The number of rotatable bonds is 5. The number of nitrogens with one attached hydrogen (secondary N) is 1. The highest BCUT2D eigenvalue weighted by Gasteiger charge is 2.49. The predicted octanol–water partition coefficient (Wildman–Crippen LogP) is 3.13. The van der Waals surface area contributed by atoms with E-state index in [0.29, 0.717) is 11.7 Å². The van der Waals surface area contributed by atoms with Crippen molar-refractivity contribution in [2.24, 2.45) is 5.41 Å². The standard InChI is InChI=1S/C23H28FN7O/c1-29(2)22(32)19-15-31(28-26-19)20-7-8-23(20)9-11-30(12-10-23)14-17-13-25-27-21(17)16-3-5-18(24)6-4-16/h3-6,13,15,20H,7-12,14H2,1-2H3,(H,25,27). The first kappa shape index (κ1) is 20.8. The lowest BCUT2D eigenvalue weighted by Gasteiger charge is -2.53. The van der Waals surface area contributed by atoms with Gasteiger partial charge in [-0.3, -0.25) is 14.8 Å². The Balaban J connectivity index is 1.23. The van der Waals surface area contributed by atoms with Gasteiger partial charge < -0.3 is 4.90 Å². The molecular formula is C23H28FN7O. The number of halogens is 1. The molecule has 32 heavy (non-hydrogen) atoms. The van der Waals surface area contributed by atoms with Gasteiger partial charge in [-0.25, -0.2) is 9.07 Å². The molecule has 8 nitrogen and oxygen atoms in total. The second-order valence-corrected chi connectivity index (χ2v) is 9.25. The van der Waals surface area contributed by atoms with Crippen LogP contribution in [0.2, 0.25) is 0 Å². The molecule has 1 saturated carbocycles. The maximum Gasteiger partial charge on any atom is 0.275 e. The van der Waals surface area contributed by atoms with Crippen LogP contribution in [0.15, 0.2) is 36.7 Å². The Hall–Kier alpha value is -3.07. The number of H-pyrrole nitrogens is 1. The third-order valence-corrected chi connectivity index (χ3v) is 7.17. The Labute approximate surface area is 186 Å². The van der Waals surface area contributed by atoms with Crippen LogP contribution >= 0.6 is 0 Å². The van der Waals surface area contributed by atoms with E-state index in [2.05, 4.69) is 25.4 Å². The SMILES string of the molecule is CN(C)C(=O)c1cn(C2CCC23CCN(Cc2cn[nH]c2-c2ccc(F)cc2)CC3)nn1. The van der Waals surface area contributed by atoms with Crippen molar-refractivity contribution in [1.82, 2.24) is 35.0 Å². The predicted molar refractivity (Wildman–Crippen MR) is 117 cm³/mol. The van der Waals surface area contributed by atoms with Crippen LogP contribution in [0.25, 0.3) is 11.3 Å². The fourth-order valence-corrected chi connectivity index (χ4v) is 5.13. The van der Waals surface area contributed by atoms with Gasteiger partial charge in [0, 0.05) is 31.8 Å². The van der Waals surface area contributed by atoms with Gasteiger partial charge >= 0.3 is 0 Å². The average Bonchev–Trinajstić information content (AvgIpc) is 3.43. The van der Waals surface area contributed by atoms with Crippen molar-refractivity contribution in [2.75, 3.05) is 27.2 Å². The summed E-state index contributed by atoms with van der Waals surface area (Å²) in [6.45, 7) is 2.82. The number of piperidine rings is 1. The Bertz CT molecular complexity index is 1100. The van der Waals surface area contributed by atoms with Crippen LogP contribution in [0.4, 0.5) is 4.39 Å². The monoisotopic (exact) mass is 437 g/mol. The van der Waals surface area contributed by atoms with E-state index in [0.717, 1.165) is 55.7 Å². The number of hydrogen-bond donors (Lipinski definition) is 1. The zero-order valence-electron chi connectivity index (χ0n) is 18.5. The summed E-state index contributed by atoms with van der Waals surface area (Å²) in [4.78, 5) is 16.2. The summed E-state index contributed by atoms with van der Waals surface area (Å²) in [5, 5.41) is 15.7. The van der Waals surface area contributed by atoms with Crippen molar-refractivity contribution in [2.45, 2.75) is 38.3 Å². The molecule has 1 amide bonds. The smallest absolute Gasteiger partial charge is 0.275 e. The van der Waals surface area contributed by atoms with Gasteiger partial charge in [-0.15, -0.1) is 5.10 Å². The van der Waals surface area contributed by atoms with Crippen LogP contribution in [-0.4, -0.2) is 68.1 Å². The second kappa shape index (κ2) is 8.12. The molecular weight excluding hydrogens is 409 g/mol. The van der Waals surface area contributed by atoms with Crippen LogP contribution < -0.4 is 0 Å². The van der Waals surface area contributed by atoms with E-state index in [9.17, 15) is 9.18 Å². The quantitative estimate of drug-likeness (QED) is 0.663. The number of likely N-dealkylation sites (tertiary alicyclic amines) is 1. The summed E-state index contributed by atoms with van der Waals surface area (Å²) in [5.41, 5.74) is 3.66. The van der Waals surface area contributed by atoms with Crippen LogP contribution in [-0.2, 0) is 6.54 Å². The van der Waals surface area contributed by atoms with Gasteiger partial charge in [-0.05, 0) is 68.5 Å². The molecule has 168 valence electrons. The largest absolute Gasteiger partial charge is 0.343 e. The van der Waals surface area contributed by atoms with E-state index >= 15 is 0 Å². The Kier molecular flexibility index (Phi) is 5.28. The van der Waals surface area contributed by atoms with E-state index in [4.69, 9.17) is 0 Å². The number of aromatic amines is 1. The Morgan fingerprint density at radius 3 is 2.62 bits per heavy atom. The van der Waals surface area contributed by atoms with E-state index in [1.165, 1.54) is 23.5 Å². The molecule has 0 radical (unpaired) electrons. The molecule has 1 saturated heterocycles. The fourth-order valence-electron chi connectivity index (χ4n) is 5.13. The van der Waals surface area contributed by atoms with Crippen molar-refractivity contribution in [3.63, 3.8) is 0 Å². The maximum absolute atomic E-state index is 13.3. The number of nitrogens with zero attached hydrogens (tertiary/aromatic N) is 6. The van der Waals surface area contributed by atoms with Gasteiger partial charge in [-0.1, -0.05) is 5.21 Å². The van der Waals surface area contributed by atoms with Gasteiger partial charge in [0.25, 0.3) is 5.91 Å². The van der Waals surface area contributed by atoms with Crippen molar-refractivity contribution in [3.05, 3.63) is 53.7 Å². The molecule has 1 aliphatic heterocycles. The van der Waals surface area contributed by atoms with E-state index in [1.807, 2.05) is 10.9 Å². The normalized spacial score (nSPS) is 20.3. The summed E-state index contributed by atoms with van der Waals surface area (Å²) in [6, 6.07) is 6.82. The van der Waals surface area contributed by atoms with Gasteiger partial charge in [0.1, 0.15) is 5.82 Å².